The maximum absolute atomic E-state index is 2.44. The van der Waals surface area contributed by atoms with E-state index in [1.807, 2.05) is 0 Å². The highest BCUT2D eigenvalue weighted by molar-refractivity contribution is 5.81. The van der Waals surface area contributed by atoms with Crippen molar-refractivity contribution in [3.05, 3.63) is 95.1 Å². The standard InChI is InChI=1S/C29H32/c1-21(19-22-11-13-24(14-12-22)23-9-7-6-8-10-23)25-15-16-26-27(20-25)29(4,5)18-17-28(26,2)3/h6-16,19-20H,17-18H2,1-5H3/b21-19+. The Morgan fingerprint density at radius 3 is 1.93 bits per heavy atom. The molecule has 0 saturated heterocycles. The summed E-state index contributed by atoms with van der Waals surface area (Å²) >= 11 is 0. The van der Waals surface area contributed by atoms with Gasteiger partial charge < -0.3 is 0 Å². The molecule has 0 aliphatic heterocycles. The summed E-state index contributed by atoms with van der Waals surface area (Å²) in [6.07, 6.45) is 4.81. The highest BCUT2D eigenvalue weighted by Gasteiger charge is 2.36. The number of rotatable bonds is 3. The number of hydrogen-bond donors (Lipinski definition) is 0. The minimum Gasteiger partial charge on any atom is -0.0622 e. The van der Waals surface area contributed by atoms with Crippen molar-refractivity contribution in [2.24, 2.45) is 0 Å². The summed E-state index contributed by atoms with van der Waals surface area (Å²) in [6.45, 7) is 11.8. The molecule has 4 rings (SSSR count). The molecule has 0 aromatic heterocycles. The number of fused-ring (bicyclic) bond motifs is 1. The van der Waals surface area contributed by atoms with Gasteiger partial charge in [0.1, 0.15) is 0 Å². The molecule has 0 fully saturated rings. The van der Waals surface area contributed by atoms with E-state index in [0.29, 0.717) is 0 Å². The van der Waals surface area contributed by atoms with Crippen LogP contribution in [-0.2, 0) is 10.8 Å². The fourth-order valence-electron chi connectivity index (χ4n) is 4.57. The third-order valence-electron chi connectivity index (χ3n) is 6.71. The molecular formula is C29H32. The van der Waals surface area contributed by atoms with Gasteiger partial charge in [-0.25, -0.2) is 0 Å². The van der Waals surface area contributed by atoms with Crippen molar-refractivity contribution in [3.8, 4) is 11.1 Å². The third kappa shape index (κ3) is 3.94. The van der Waals surface area contributed by atoms with Crippen molar-refractivity contribution >= 4 is 11.6 Å². The summed E-state index contributed by atoms with van der Waals surface area (Å²) in [7, 11) is 0. The molecule has 1 aliphatic carbocycles. The maximum atomic E-state index is 2.44. The highest BCUT2D eigenvalue weighted by Crippen LogP contribution is 2.46. The van der Waals surface area contributed by atoms with E-state index in [-0.39, 0.29) is 10.8 Å². The molecule has 148 valence electrons. The summed E-state index contributed by atoms with van der Waals surface area (Å²) in [6, 6.07) is 26.6. The lowest BCUT2D eigenvalue weighted by Gasteiger charge is -2.42. The van der Waals surface area contributed by atoms with Gasteiger partial charge in [0, 0.05) is 0 Å². The van der Waals surface area contributed by atoms with E-state index in [0.717, 1.165) is 0 Å². The topological polar surface area (TPSA) is 0 Å². The average Bonchev–Trinajstić information content (AvgIpc) is 2.72. The van der Waals surface area contributed by atoms with Crippen LogP contribution in [0.5, 0.6) is 0 Å². The molecule has 1 aliphatic rings. The van der Waals surface area contributed by atoms with E-state index >= 15 is 0 Å². The van der Waals surface area contributed by atoms with Crippen LogP contribution in [-0.4, -0.2) is 0 Å². The Hall–Kier alpha value is -2.60. The van der Waals surface area contributed by atoms with E-state index < -0.39 is 0 Å². The van der Waals surface area contributed by atoms with Crippen LogP contribution in [0.25, 0.3) is 22.8 Å². The smallest absolute Gasteiger partial charge is 0.0100 e. The van der Waals surface area contributed by atoms with Crippen molar-refractivity contribution in [2.75, 3.05) is 0 Å². The molecule has 0 spiro atoms. The zero-order chi connectivity index (χ0) is 20.6. The Morgan fingerprint density at radius 1 is 0.690 bits per heavy atom. The average molecular weight is 381 g/mol. The van der Waals surface area contributed by atoms with Crippen LogP contribution in [0.3, 0.4) is 0 Å². The molecule has 0 heterocycles. The monoisotopic (exact) mass is 380 g/mol. The first kappa shape index (κ1) is 19.7. The van der Waals surface area contributed by atoms with Crippen molar-refractivity contribution < 1.29 is 0 Å². The predicted octanol–water partition coefficient (Wildman–Crippen LogP) is 8.26. The Kier molecular flexibility index (Phi) is 4.99. The summed E-state index contributed by atoms with van der Waals surface area (Å²) in [5, 5.41) is 0. The molecule has 0 unspecified atom stereocenters. The fourth-order valence-corrected chi connectivity index (χ4v) is 4.57. The SMILES string of the molecule is C/C(=C\c1ccc(-c2ccccc2)cc1)c1ccc2c(c1)C(C)(C)CCC2(C)C. The van der Waals surface area contributed by atoms with Crippen molar-refractivity contribution in [1.29, 1.82) is 0 Å². The van der Waals surface area contributed by atoms with Crippen molar-refractivity contribution in [1.82, 2.24) is 0 Å². The van der Waals surface area contributed by atoms with E-state index in [1.54, 1.807) is 0 Å². The lowest BCUT2D eigenvalue weighted by molar-refractivity contribution is 0.332. The Balaban J connectivity index is 1.65. The van der Waals surface area contributed by atoms with Crippen LogP contribution in [0, 0.1) is 0 Å². The van der Waals surface area contributed by atoms with Gasteiger partial charge in [0.15, 0.2) is 0 Å². The van der Waals surface area contributed by atoms with Gasteiger partial charge in [-0.1, -0.05) is 107 Å². The fraction of sp³-hybridized carbons (Fsp3) is 0.310. The minimum absolute atomic E-state index is 0.248. The lowest BCUT2D eigenvalue weighted by atomic mass is 9.63. The van der Waals surface area contributed by atoms with Crippen molar-refractivity contribution in [3.63, 3.8) is 0 Å². The zero-order valence-electron chi connectivity index (χ0n) is 18.4. The largest absolute Gasteiger partial charge is 0.0622 e. The van der Waals surface area contributed by atoms with E-state index in [1.165, 1.54) is 51.8 Å². The van der Waals surface area contributed by atoms with Crippen LogP contribution in [0.4, 0.5) is 0 Å². The zero-order valence-corrected chi connectivity index (χ0v) is 18.4. The highest BCUT2D eigenvalue weighted by atomic mass is 14.4. The normalized spacial score (nSPS) is 17.6. The van der Waals surface area contributed by atoms with Crippen LogP contribution >= 0.6 is 0 Å². The van der Waals surface area contributed by atoms with E-state index in [4.69, 9.17) is 0 Å². The summed E-state index contributed by atoms with van der Waals surface area (Å²) in [5.74, 6) is 0. The van der Waals surface area contributed by atoms with Crippen molar-refractivity contribution in [2.45, 2.75) is 58.3 Å². The molecule has 0 radical (unpaired) electrons. The quantitative estimate of drug-likeness (QED) is 0.401. The van der Waals surface area contributed by atoms with Gasteiger partial charge >= 0.3 is 0 Å². The van der Waals surface area contributed by atoms with Gasteiger partial charge in [-0.15, -0.1) is 0 Å². The Labute approximate surface area is 176 Å². The summed E-state index contributed by atoms with van der Waals surface area (Å²) in [4.78, 5) is 0. The predicted molar refractivity (Wildman–Crippen MR) is 127 cm³/mol. The van der Waals surface area contributed by atoms with E-state index in [9.17, 15) is 0 Å². The van der Waals surface area contributed by atoms with Crippen LogP contribution in [0.1, 0.15) is 69.7 Å². The molecule has 0 saturated carbocycles. The molecule has 0 amide bonds. The lowest BCUT2D eigenvalue weighted by Crippen LogP contribution is -2.33. The Bertz CT molecular complexity index is 1030. The second kappa shape index (κ2) is 7.34. The van der Waals surface area contributed by atoms with Crippen LogP contribution in [0.2, 0.25) is 0 Å². The molecule has 0 nitrogen and oxygen atoms in total. The molecule has 29 heavy (non-hydrogen) atoms. The molecular weight excluding hydrogens is 348 g/mol. The second-order valence-corrected chi connectivity index (χ2v) is 9.84. The molecule has 0 bridgehead atoms. The number of benzene rings is 3. The van der Waals surface area contributed by atoms with Gasteiger partial charge in [0.05, 0.1) is 0 Å². The molecule has 0 atom stereocenters. The maximum Gasteiger partial charge on any atom is -0.0100 e. The minimum atomic E-state index is 0.248. The van der Waals surface area contributed by atoms with Crippen LogP contribution < -0.4 is 0 Å². The summed E-state index contributed by atoms with van der Waals surface area (Å²) < 4.78 is 0. The molecule has 3 aromatic rings. The summed E-state index contributed by atoms with van der Waals surface area (Å²) in [5.41, 5.74) is 10.0. The van der Waals surface area contributed by atoms with Gasteiger partial charge in [0.2, 0.25) is 0 Å². The molecule has 0 heteroatoms. The Morgan fingerprint density at radius 2 is 1.28 bits per heavy atom. The first-order chi connectivity index (χ1) is 13.8. The van der Waals surface area contributed by atoms with Gasteiger partial charge in [-0.3, -0.25) is 0 Å². The van der Waals surface area contributed by atoms with E-state index in [2.05, 4.69) is 113 Å². The number of hydrogen-bond acceptors (Lipinski definition) is 0. The van der Waals surface area contributed by atoms with Gasteiger partial charge in [-0.2, -0.15) is 0 Å². The molecule has 3 aromatic carbocycles. The van der Waals surface area contributed by atoms with Crippen LogP contribution in [0.15, 0.2) is 72.8 Å². The van der Waals surface area contributed by atoms with Gasteiger partial charge in [-0.05, 0) is 69.5 Å². The number of allylic oxidation sites excluding steroid dienone is 1. The first-order valence-corrected chi connectivity index (χ1v) is 10.8. The third-order valence-corrected chi connectivity index (χ3v) is 6.71. The first-order valence-electron chi connectivity index (χ1n) is 10.8. The molecule has 0 N–H and O–H groups in total. The van der Waals surface area contributed by atoms with Gasteiger partial charge in [0.25, 0.3) is 0 Å². The second-order valence-electron chi connectivity index (χ2n) is 9.84.